The van der Waals surface area contributed by atoms with Crippen molar-refractivity contribution in [1.82, 2.24) is 10.2 Å². The lowest BCUT2D eigenvalue weighted by Crippen LogP contribution is -2.44. The highest BCUT2D eigenvalue weighted by Gasteiger charge is 2.29. The number of unbranched alkanes of at least 4 members (excludes halogenated alkanes) is 1. The van der Waals surface area contributed by atoms with Gasteiger partial charge in [-0.3, -0.25) is 4.79 Å². The molecule has 0 atom stereocenters. The van der Waals surface area contributed by atoms with Gasteiger partial charge in [0.1, 0.15) is 5.75 Å². The van der Waals surface area contributed by atoms with Gasteiger partial charge in [-0.2, -0.15) is 0 Å². The minimum Gasteiger partial charge on any atom is -0.490 e. The van der Waals surface area contributed by atoms with E-state index in [9.17, 15) is 9.59 Å². The fraction of sp³-hybridized carbons (Fsp3) is 0.474. The average molecular weight is 642 g/mol. The molecule has 3 amide bonds. The van der Waals surface area contributed by atoms with Gasteiger partial charge in [-0.1, -0.05) is 27.2 Å². The molecule has 2 aliphatic rings. The highest BCUT2D eigenvalue weighted by atomic mass is 16.5. The third-order valence-corrected chi connectivity index (χ3v) is 9.26. The van der Waals surface area contributed by atoms with Crippen molar-refractivity contribution in [3.8, 4) is 17.2 Å². The molecule has 2 aliphatic heterocycles. The highest BCUT2D eigenvalue weighted by Crippen LogP contribution is 2.36. The number of hydrogen-bond acceptors (Lipinski definition) is 6. The van der Waals surface area contributed by atoms with Gasteiger partial charge < -0.3 is 35.2 Å². The number of urea groups is 1. The SMILES string of the molecule is CCCCN1CCC(N2CCc3cc(C(=O)Nc4ccc(Oc5ccc(NC(=O)NC(CC)CC)cc5OCC)cc4)ccc32)CC1. The molecule has 0 aliphatic carbocycles. The van der Waals surface area contributed by atoms with Crippen LogP contribution in [0.4, 0.5) is 21.9 Å². The van der Waals surface area contributed by atoms with Gasteiger partial charge in [-0.15, -0.1) is 0 Å². The van der Waals surface area contributed by atoms with Gasteiger partial charge in [0.2, 0.25) is 0 Å². The molecule has 3 aromatic carbocycles. The summed E-state index contributed by atoms with van der Waals surface area (Å²) >= 11 is 0. The quantitative estimate of drug-likeness (QED) is 0.165. The topological polar surface area (TPSA) is 95.2 Å². The van der Waals surface area contributed by atoms with Gasteiger partial charge >= 0.3 is 6.03 Å². The Morgan fingerprint density at radius 2 is 1.60 bits per heavy atom. The lowest BCUT2D eigenvalue weighted by Gasteiger charge is -2.38. The fourth-order valence-electron chi connectivity index (χ4n) is 6.50. The summed E-state index contributed by atoms with van der Waals surface area (Å²) in [6, 6.07) is 19.2. The van der Waals surface area contributed by atoms with Crippen LogP contribution in [-0.4, -0.2) is 61.7 Å². The van der Waals surface area contributed by atoms with Gasteiger partial charge in [0.15, 0.2) is 11.5 Å². The molecule has 0 radical (unpaired) electrons. The van der Waals surface area contributed by atoms with Crippen LogP contribution in [0.15, 0.2) is 60.7 Å². The molecule has 0 bridgehead atoms. The molecule has 0 unspecified atom stereocenters. The number of anilines is 3. The lowest BCUT2D eigenvalue weighted by atomic mass is 10.0. The number of hydrogen-bond donors (Lipinski definition) is 3. The molecule has 5 rings (SSSR count). The summed E-state index contributed by atoms with van der Waals surface area (Å²) in [6.07, 6.45) is 7.66. The van der Waals surface area contributed by atoms with E-state index in [4.69, 9.17) is 9.47 Å². The summed E-state index contributed by atoms with van der Waals surface area (Å²) in [5.74, 6) is 1.53. The maximum Gasteiger partial charge on any atom is 0.319 e. The van der Waals surface area contributed by atoms with Crippen LogP contribution in [0.1, 0.15) is 82.1 Å². The number of rotatable bonds is 14. The molecule has 9 nitrogen and oxygen atoms in total. The number of piperidine rings is 1. The Kier molecular flexibility index (Phi) is 12.0. The second kappa shape index (κ2) is 16.5. The van der Waals surface area contributed by atoms with Gasteiger partial charge in [-0.05, 0) is 112 Å². The van der Waals surface area contributed by atoms with E-state index in [0.717, 1.165) is 25.8 Å². The number of nitrogens with one attached hydrogen (secondary N) is 3. The van der Waals surface area contributed by atoms with E-state index in [0.29, 0.717) is 46.8 Å². The Balaban J connectivity index is 1.16. The van der Waals surface area contributed by atoms with Crippen LogP contribution in [0.3, 0.4) is 0 Å². The van der Waals surface area contributed by atoms with E-state index < -0.39 is 0 Å². The zero-order valence-corrected chi connectivity index (χ0v) is 28.4. The molecule has 47 heavy (non-hydrogen) atoms. The van der Waals surface area contributed by atoms with Crippen LogP contribution >= 0.6 is 0 Å². The van der Waals surface area contributed by atoms with E-state index in [1.54, 1.807) is 18.2 Å². The standard InChI is InChI=1S/C38H51N5O4/c1-5-9-21-42-22-19-32(20-23-42)43-24-18-27-25-28(10-16-34(27)43)37(44)39-30-11-14-33(15-12-30)47-35-17-13-31(26-36(35)46-8-4)41-38(45)40-29(6-2)7-3/h10-17,25-26,29,32H,5-9,18-24H2,1-4H3,(H,39,44)(H2,40,41,45). The molecule has 0 spiro atoms. The Morgan fingerprint density at radius 1 is 0.851 bits per heavy atom. The monoisotopic (exact) mass is 641 g/mol. The Morgan fingerprint density at radius 3 is 2.30 bits per heavy atom. The maximum absolute atomic E-state index is 13.2. The molecule has 2 heterocycles. The molecular weight excluding hydrogens is 590 g/mol. The molecule has 252 valence electrons. The summed E-state index contributed by atoms with van der Waals surface area (Å²) in [5.41, 5.74) is 4.52. The van der Waals surface area contributed by atoms with Crippen LogP contribution in [-0.2, 0) is 6.42 Å². The number of benzene rings is 3. The molecule has 0 aromatic heterocycles. The Labute approximate surface area is 280 Å². The van der Waals surface area contributed by atoms with Crippen molar-refractivity contribution < 1.29 is 19.1 Å². The number of likely N-dealkylation sites (tertiary alicyclic amines) is 1. The van der Waals surface area contributed by atoms with E-state index in [-0.39, 0.29) is 18.0 Å². The maximum atomic E-state index is 13.2. The average Bonchev–Trinajstić information content (AvgIpc) is 3.52. The highest BCUT2D eigenvalue weighted by molar-refractivity contribution is 6.04. The molecule has 0 saturated carbocycles. The second-order valence-corrected chi connectivity index (χ2v) is 12.5. The first-order valence-electron chi connectivity index (χ1n) is 17.5. The number of fused-ring (bicyclic) bond motifs is 1. The van der Waals surface area contributed by atoms with E-state index in [2.05, 4.69) is 44.8 Å². The van der Waals surface area contributed by atoms with Gasteiger partial charge in [0, 0.05) is 60.4 Å². The Bertz CT molecular complexity index is 1480. The van der Waals surface area contributed by atoms with Crippen LogP contribution < -0.4 is 30.3 Å². The molecule has 9 heteroatoms. The first-order valence-corrected chi connectivity index (χ1v) is 17.5. The van der Waals surface area contributed by atoms with Gasteiger partial charge in [0.25, 0.3) is 5.91 Å². The zero-order chi connectivity index (χ0) is 33.2. The normalized spacial score (nSPS) is 15.0. The molecule has 1 saturated heterocycles. The number of amides is 3. The van der Waals surface area contributed by atoms with Crippen LogP contribution in [0.5, 0.6) is 17.2 Å². The van der Waals surface area contributed by atoms with Crippen molar-refractivity contribution in [2.24, 2.45) is 0 Å². The van der Waals surface area contributed by atoms with E-state index in [1.165, 1.54) is 56.6 Å². The fourth-order valence-corrected chi connectivity index (χ4v) is 6.50. The van der Waals surface area contributed by atoms with Crippen molar-refractivity contribution in [3.63, 3.8) is 0 Å². The summed E-state index contributed by atoms with van der Waals surface area (Å²) in [5, 5.41) is 8.88. The van der Waals surface area contributed by atoms with Crippen molar-refractivity contribution in [2.45, 2.75) is 84.7 Å². The van der Waals surface area contributed by atoms with Crippen molar-refractivity contribution in [3.05, 3.63) is 71.8 Å². The van der Waals surface area contributed by atoms with E-state index >= 15 is 0 Å². The summed E-state index contributed by atoms with van der Waals surface area (Å²) in [7, 11) is 0. The largest absolute Gasteiger partial charge is 0.490 e. The summed E-state index contributed by atoms with van der Waals surface area (Å²) in [4.78, 5) is 30.8. The van der Waals surface area contributed by atoms with Crippen LogP contribution in [0, 0.1) is 0 Å². The third-order valence-electron chi connectivity index (χ3n) is 9.26. The number of carbonyl (C=O) groups excluding carboxylic acids is 2. The third kappa shape index (κ3) is 8.98. The van der Waals surface area contributed by atoms with Crippen molar-refractivity contribution in [1.29, 1.82) is 0 Å². The smallest absolute Gasteiger partial charge is 0.319 e. The molecule has 3 N–H and O–H groups in total. The molecule has 3 aromatic rings. The van der Waals surface area contributed by atoms with Crippen LogP contribution in [0.25, 0.3) is 0 Å². The first-order chi connectivity index (χ1) is 22.9. The van der Waals surface area contributed by atoms with Crippen molar-refractivity contribution in [2.75, 3.05) is 48.3 Å². The van der Waals surface area contributed by atoms with Gasteiger partial charge in [0.05, 0.1) is 6.61 Å². The number of nitrogens with zero attached hydrogens (tertiary/aromatic N) is 2. The number of carbonyl (C=O) groups is 2. The minimum atomic E-state index is -0.247. The molecule has 1 fully saturated rings. The Hall–Kier alpha value is -4.24. The minimum absolute atomic E-state index is 0.126. The lowest BCUT2D eigenvalue weighted by molar-refractivity contribution is 0.102. The van der Waals surface area contributed by atoms with Gasteiger partial charge in [-0.25, -0.2) is 4.79 Å². The molecular formula is C38H51N5O4. The zero-order valence-electron chi connectivity index (χ0n) is 28.4. The summed E-state index contributed by atoms with van der Waals surface area (Å²) in [6.45, 7) is 13.3. The first kappa shape index (κ1) is 34.1. The number of ether oxygens (including phenoxy) is 2. The second-order valence-electron chi connectivity index (χ2n) is 12.5. The van der Waals surface area contributed by atoms with E-state index in [1.807, 2.05) is 51.1 Å². The predicted octanol–water partition coefficient (Wildman–Crippen LogP) is 8.07. The summed E-state index contributed by atoms with van der Waals surface area (Å²) < 4.78 is 11.9. The van der Waals surface area contributed by atoms with Crippen LogP contribution in [0.2, 0.25) is 0 Å². The van der Waals surface area contributed by atoms with Crippen molar-refractivity contribution >= 4 is 29.0 Å². The predicted molar refractivity (Wildman–Crippen MR) is 190 cm³/mol.